The SMILES string of the molecule is CCOC(=O)[C@H](C)NP(=O)(OC[C@H]1O[C@@H](n2ncc(=O)[nH]c2=O)C(O)[C@H]1O)Oc1ccccc1. The van der Waals surface area contributed by atoms with E-state index in [-0.39, 0.29) is 12.4 Å². The number of para-hydroxylation sites is 1. The minimum absolute atomic E-state index is 0.106. The first-order chi connectivity index (χ1) is 16.1. The van der Waals surface area contributed by atoms with Crippen molar-refractivity contribution in [2.75, 3.05) is 13.2 Å². The quantitative estimate of drug-likeness (QED) is 0.237. The third-order valence-corrected chi connectivity index (χ3v) is 6.33. The fraction of sp³-hybridized carbons (Fsp3) is 0.474. The number of hydrogen-bond acceptors (Lipinski definition) is 11. The van der Waals surface area contributed by atoms with Crippen LogP contribution in [-0.4, -0.2) is 68.5 Å². The Labute approximate surface area is 193 Å². The average Bonchev–Trinajstić information content (AvgIpc) is 3.07. The van der Waals surface area contributed by atoms with Gasteiger partial charge in [0.25, 0.3) is 5.56 Å². The van der Waals surface area contributed by atoms with Crippen LogP contribution in [0.25, 0.3) is 0 Å². The molecule has 0 aliphatic carbocycles. The van der Waals surface area contributed by atoms with Crippen molar-refractivity contribution in [2.45, 2.75) is 44.4 Å². The lowest BCUT2D eigenvalue weighted by molar-refractivity contribution is -0.144. The van der Waals surface area contributed by atoms with E-state index in [2.05, 4.69) is 10.2 Å². The number of aromatic amines is 1. The topological polar surface area (TPSA) is 191 Å². The molecule has 2 aromatic rings. The van der Waals surface area contributed by atoms with Crippen molar-refractivity contribution in [1.29, 1.82) is 0 Å². The summed E-state index contributed by atoms with van der Waals surface area (Å²) in [5.74, 6) is -0.525. The van der Waals surface area contributed by atoms with Crippen LogP contribution in [0.15, 0.2) is 46.1 Å². The molecule has 1 aromatic carbocycles. The Kier molecular flexibility index (Phi) is 8.36. The van der Waals surface area contributed by atoms with Gasteiger partial charge in [-0.15, -0.1) is 0 Å². The predicted octanol–water partition coefficient (Wildman–Crippen LogP) is -0.704. The van der Waals surface area contributed by atoms with Gasteiger partial charge in [0.1, 0.15) is 36.3 Å². The Bertz CT molecular complexity index is 1140. The molecule has 0 amide bonds. The Balaban J connectivity index is 1.75. The Morgan fingerprint density at radius 2 is 2.00 bits per heavy atom. The molecule has 0 radical (unpaired) electrons. The third-order valence-electron chi connectivity index (χ3n) is 4.69. The molecule has 14 nitrogen and oxygen atoms in total. The van der Waals surface area contributed by atoms with E-state index in [1.807, 2.05) is 4.98 Å². The molecule has 1 aromatic heterocycles. The van der Waals surface area contributed by atoms with Gasteiger partial charge in [0.15, 0.2) is 6.23 Å². The fourth-order valence-corrected chi connectivity index (χ4v) is 4.55. The molecule has 1 fully saturated rings. The summed E-state index contributed by atoms with van der Waals surface area (Å²) in [5, 5.41) is 26.7. The zero-order valence-corrected chi connectivity index (χ0v) is 19.2. The van der Waals surface area contributed by atoms with Gasteiger partial charge in [0.2, 0.25) is 0 Å². The van der Waals surface area contributed by atoms with E-state index in [4.69, 9.17) is 18.5 Å². The number of aromatic nitrogens is 3. The van der Waals surface area contributed by atoms with Crippen LogP contribution in [0, 0.1) is 0 Å². The van der Waals surface area contributed by atoms with E-state index in [1.54, 1.807) is 25.1 Å². The van der Waals surface area contributed by atoms with Crippen LogP contribution in [0.3, 0.4) is 0 Å². The van der Waals surface area contributed by atoms with Crippen molar-refractivity contribution in [3.8, 4) is 5.75 Å². The second-order valence-corrected chi connectivity index (χ2v) is 8.92. The van der Waals surface area contributed by atoms with Crippen molar-refractivity contribution >= 4 is 13.7 Å². The molecule has 0 spiro atoms. The maximum Gasteiger partial charge on any atom is 0.459 e. The number of nitrogens with zero attached hydrogens (tertiary/aromatic N) is 2. The number of aliphatic hydroxyl groups is 2. The third kappa shape index (κ3) is 6.17. The summed E-state index contributed by atoms with van der Waals surface area (Å²) in [6, 6.07) is 6.93. The number of esters is 1. The maximum absolute atomic E-state index is 13.4. The number of benzene rings is 1. The lowest BCUT2D eigenvalue weighted by Gasteiger charge is -2.24. The van der Waals surface area contributed by atoms with E-state index in [0.29, 0.717) is 4.68 Å². The van der Waals surface area contributed by atoms with E-state index in [0.717, 1.165) is 6.20 Å². The largest absolute Gasteiger partial charge is 0.465 e. The van der Waals surface area contributed by atoms with E-state index in [1.165, 1.54) is 19.1 Å². The van der Waals surface area contributed by atoms with Gasteiger partial charge < -0.3 is 24.2 Å². The van der Waals surface area contributed by atoms with Gasteiger partial charge in [0, 0.05) is 0 Å². The van der Waals surface area contributed by atoms with E-state index >= 15 is 0 Å². The van der Waals surface area contributed by atoms with Crippen LogP contribution < -0.4 is 20.9 Å². The summed E-state index contributed by atoms with van der Waals surface area (Å²) in [6.45, 7) is 2.55. The summed E-state index contributed by atoms with van der Waals surface area (Å²) in [4.78, 5) is 37.2. The van der Waals surface area contributed by atoms with E-state index < -0.39 is 62.2 Å². The molecule has 1 aliphatic rings. The zero-order valence-electron chi connectivity index (χ0n) is 18.3. The smallest absolute Gasteiger partial charge is 0.459 e. The van der Waals surface area contributed by atoms with Crippen molar-refractivity contribution in [1.82, 2.24) is 19.9 Å². The molecule has 6 atom stereocenters. The number of rotatable bonds is 10. The predicted molar refractivity (Wildman–Crippen MR) is 115 cm³/mol. The van der Waals surface area contributed by atoms with E-state index in [9.17, 15) is 29.2 Å². The maximum atomic E-state index is 13.4. The molecular formula is C19H25N4O10P. The van der Waals surface area contributed by atoms with Crippen LogP contribution in [0.5, 0.6) is 5.75 Å². The lowest BCUT2D eigenvalue weighted by Crippen LogP contribution is -2.39. The second kappa shape index (κ2) is 11.0. The Hall–Kier alpha value is -2.87. The van der Waals surface area contributed by atoms with Crippen LogP contribution >= 0.6 is 7.75 Å². The van der Waals surface area contributed by atoms with Gasteiger partial charge >= 0.3 is 19.4 Å². The molecule has 186 valence electrons. The van der Waals surface area contributed by atoms with Gasteiger partial charge in [-0.1, -0.05) is 18.2 Å². The van der Waals surface area contributed by atoms with Gasteiger partial charge in [-0.05, 0) is 26.0 Å². The Morgan fingerprint density at radius 1 is 1.29 bits per heavy atom. The van der Waals surface area contributed by atoms with Gasteiger partial charge in [-0.2, -0.15) is 14.9 Å². The zero-order chi connectivity index (χ0) is 24.9. The van der Waals surface area contributed by atoms with Gasteiger partial charge in [0.05, 0.1) is 13.2 Å². The number of hydrogen-bond donors (Lipinski definition) is 4. The Morgan fingerprint density at radius 3 is 2.65 bits per heavy atom. The highest BCUT2D eigenvalue weighted by Crippen LogP contribution is 2.45. The van der Waals surface area contributed by atoms with Crippen molar-refractivity contribution in [3.63, 3.8) is 0 Å². The number of H-pyrrole nitrogens is 1. The molecule has 0 bridgehead atoms. The molecule has 4 N–H and O–H groups in total. The molecule has 1 saturated heterocycles. The first kappa shape index (κ1) is 25.7. The molecule has 0 saturated carbocycles. The molecular weight excluding hydrogens is 475 g/mol. The van der Waals surface area contributed by atoms with Crippen molar-refractivity contribution in [3.05, 3.63) is 57.4 Å². The van der Waals surface area contributed by atoms with Crippen LogP contribution in [-0.2, 0) is 23.4 Å². The standard InChI is InChI=1S/C19H25N4O10P/c1-3-30-18(27)11(2)22-34(29,33-12-7-5-4-6-8-12)31-10-13-15(25)16(26)17(32-13)23-19(28)21-14(24)9-20-23/h4-9,11,13,15-17,25-26H,3,10H2,1-2H3,(H,22,29)(H,21,24,28)/t11-,13+,15-,16?,17+,34?/m0/s1. The molecule has 3 rings (SSSR count). The fourth-order valence-electron chi connectivity index (χ4n) is 3.05. The highest BCUT2D eigenvalue weighted by Gasteiger charge is 2.46. The number of aliphatic hydroxyl groups excluding tert-OH is 2. The van der Waals surface area contributed by atoms with Gasteiger partial charge in [-0.25, -0.2) is 9.36 Å². The summed E-state index contributed by atoms with van der Waals surface area (Å²) in [7, 11) is -4.24. The molecule has 2 heterocycles. The minimum Gasteiger partial charge on any atom is -0.465 e. The highest BCUT2D eigenvalue weighted by molar-refractivity contribution is 7.52. The normalized spacial score (nSPS) is 24.8. The number of carbonyl (C=O) groups is 1. The first-order valence-corrected chi connectivity index (χ1v) is 11.8. The van der Waals surface area contributed by atoms with Crippen molar-refractivity contribution < 1.29 is 38.1 Å². The summed E-state index contributed by atoms with van der Waals surface area (Å²) in [5.41, 5.74) is -1.72. The van der Waals surface area contributed by atoms with Crippen molar-refractivity contribution in [2.24, 2.45) is 0 Å². The van der Waals surface area contributed by atoms with Crippen LogP contribution in [0.4, 0.5) is 0 Å². The average molecular weight is 500 g/mol. The number of nitrogens with one attached hydrogen (secondary N) is 2. The van der Waals surface area contributed by atoms with Crippen LogP contribution in [0.1, 0.15) is 20.1 Å². The first-order valence-electron chi connectivity index (χ1n) is 10.3. The monoisotopic (exact) mass is 500 g/mol. The summed E-state index contributed by atoms with van der Waals surface area (Å²) in [6.07, 6.45) is -5.11. The second-order valence-electron chi connectivity index (χ2n) is 7.23. The number of ether oxygens (including phenoxy) is 2. The summed E-state index contributed by atoms with van der Waals surface area (Å²) < 4.78 is 35.3. The number of carbonyl (C=O) groups excluding carboxylic acids is 1. The molecule has 2 unspecified atom stereocenters. The summed E-state index contributed by atoms with van der Waals surface area (Å²) >= 11 is 0. The molecule has 15 heteroatoms. The molecule has 34 heavy (non-hydrogen) atoms. The lowest BCUT2D eigenvalue weighted by atomic mass is 10.1. The van der Waals surface area contributed by atoms with Crippen LogP contribution in [0.2, 0.25) is 0 Å². The molecule has 1 aliphatic heterocycles. The minimum atomic E-state index is -4.24. The van der Waals surface area contributed by atoms with Gasteiger partial charge in [-0.3, -0.25) is 19.1 Å². The highest BCUT2D eigenvalue weighted by atomic mass is 31.2.